The number of halogens is 1. The molecule has 3 rings (SSSR count). The van der Waals surface area contributed by atoms with E-state index < -0.39 is 5.97 Å². The van der Waals surface area contributed by atoms with Crippen molar-refractivity contribution in [1.29, 1.82) is 0 Å². The van der Waals surface area contributed by atoms with Crippen molar-refractivity contribution >= 4 is 34.4 Å². The van der Waals surface area contributed by atoms with Crippen LogP contribution in [0.5, 0.6) is 0 Å². The van der Waals surface area contributed by atoms with E-state index in [1.54, 1.807) is 42.1 Å². The van der Waals surface area contributed by atoms with E-state index in [0.717, 1.165) is 9.26 Å². The van der Waals surface area contributed by atoms with Gasteiger partial charge >= 0.3 is 5.97 Å². The molecule has 0 unspecified atom stereocenters. The SMILES string of the molecule is Cc1ncc(Cn2nnc(COC(=O)c3ccccc3)c2I)c(N)n1. The zero-order valence-corrected chi connectivity index (χ0v) is 15.5. The summed E-state index contributed by atoms with van der Waals surface area (Å²) in [5.41, 5.74) is 7.73. The van der Waals surface area contributed by atoms with Crippen LogP contribution >= 0.6 is 22.6 Å². The molecule has 0 bridgehead atoms. The molecule has 0 spiro atoms. The number of rotatable bonds is 5. The Bertz CT molecular complexity index is 897. The molecular formula is C16H15IN6O2. The van der Waals surface area contributed by atoms with Crippen molar-refractivity contribution in [2.75, 3.05) is 5.73 Å². The zero-order chi connectivity index (χ0) is 17.8. The molecule has 0 radical (unpaired) electrons. The molecule has 128 valence electrons. The molecule has 9 heteroatoms. The number of benzene rings is 1. The number of anilines is 1. The number of ether oxygens (including phenoxy) is 1. The molecule has 3 aromatic rings. The van der Waals surface area contributed by atoms with Gasteiger partial charge in [-0.1, -0.05) is 23.4 Å². The maximum absolute atomic E-state index is 12.0. The van der Waals surface area contributed by atoms with Gasteiger partial charge in [-0.05, 0) is 41.6 Å². The molecular weight excluding hydrogens is 435 g/mol. The molecule has 0 aliphatic carbocycles. The maximum Gasteiger partial charge on any atom is 0.338 e. The lowest BCUT2D eigenvalue weighted by Crippen LogP contribution is -2.10. The van der Waals surface area contributed by atoms with Crippen LogP contribution in [-0.4, -0.2) is 30.9 Å². The van der Waals surface area contributed by atoms with E-state index in [9.17, 15) is 4.79 Å². The first-order valence-electron chi connectivity index (χ1n) is 7.42. The lowest BCUT2D eigenvalue weighted by Gasteiger charge is -2.06. The molecule has 0 aliphatic heterocycles. The number of carbonyl (C=O) groups is 1. The van der Waals surface area contributed by atoms with Crippen LogP contribution in [0, 0.1) is 10.6 Å². The van der Waals surface area contributed by atoms with Crippen molar-refractivity contribution in [1.82, 2.24) is 25.0 Å². The van der Waals surface area contributed by atoms with E-state index in [1.807, 2.05) is 6.07 Å². The molecule has 2 aromatic heterocycles. The van der Waals surface area contributed by atoms with Crippen molar-refractivity contribution in [3.63, 3.8) is 0 Å². The number of hydrogen-bond acceptors (Lipinski definition) is 7. The molecule has 2 heterocycles. The first-order valence-corrected chi connectivity index (χ1v) is 8.50. The number of nitrogens with zero attached hydrogens (tertiary/aromatic N) is 5. The third kappa shape index (κ3) is 4.10. The summed E-state index contributed by atoms with van der Waals surface area (Å²) in [7, 11) is 0. The Morgan fingerprint density at radius 3 is 2.80 bits per heavy atom. The van der Waals surface area contributed by atoms with Crippen LogP contribution in [0.3, 0.4) is 0 Å². The molecule has 1 aromatic carbocycles. The molecule has 0 fully saturated rings. The van der Waals surface area contributed by atoms with E-state index in [-0.39, 0.29) is 6.61 Å². The quantitative estimate of drug-likeness (QED) is 0.468. The highest BCUT2D eigenvalue weighted by atomic mass is 127. The Morgan fingerprint density at radius 1 is 1.32 bits per heavy atom. The van der Waals surface area contributed by atoms with Gasteiger partial charge in [0.2, 0.25) is 0 Å². The van der Waals surface area contributed by atoms with Crippen LogP contribution < -0.4 is 5.73 Å². The monoisotopic (exact) mass is 450 g/mol. The highest BCUT2D eigenvalue weighted by molar-refractivity contribution is 14.1. The number of aromatic nitrogens is 5. The summed E-state index contributed by atoms with van der Waals surface area (Å²) in [4.78, 5) is 20.3. The molecule has 8 nitrogen and oxygen atoms in total. The van der Waals surface area contributed by atoms with Gasteiger partial charge in [-0.25, -0.2) is 19.4 Å². The zero-order valence-electron chi connectivity index (χ0n) is 13.4. The van der Waals surface area contributed by atoms with E-state index in [2.05, 4.69) is 42.9 Å². The number of nitrogens with two attached hydrogens (primary N) is 1. The summed E-state index contributed by atoms with van der Waals surface area (Å²) in [5.74, 6) is 0.626. The summed E-state index contributed by atoms with van der Waals surface area (Å²) >= 11 is 2.11. The Labute approximate surface area is 157 Å². The summed E-state index contributed by atoms with van der Waals surface area (Å²) in [5, 5.41) is 8.15. The largest absolute Gasteiger partial charge is 0.455 e. The summed E-state index contributed by atoms with van der Waals surface area (Å²) in [6, 6.07) is 8.80. The maximum atomic E-state index is 12.0. The Hall–Kier alpha value is -2.56. The fourth-order valence-electron chi connectivity index (χ4n) is 2.11. The number of aryl methyl sites for hydroxylation is 1. The van der Waals surface area contributed by atoms with E-state index in [1.165, 1.54) is 0 Å². The standard InChI is InChI=1S/C16H15IN6O2/c1-10-19-7-12(15(18)20-10)8-23-14(17)13(21-22-23)9-25-16(24)11-5-3-2-4-6-11/h2-7H,8-9H2,1H3,(H2,18,19,20). The second-order valence-corrected chi connectivity index (χ2v) is 6.28. The fraction of sp³-hybridized carbons (Fsp3) is 0.188. The average molecular weight is 450 g/mol. The predicted molar refractivity (Wildman–Crippen MR) is 98.6 cm³/mol. The van der Waals surface area contributed by atoms with Gasteiger partial charge < -0.3 is 10.5 Å². The van der Waals surface area contributed by atoms with Crippen molar-refractivity contribution in [3.05, 3.63) is 62.9 Å². The lowest BCUT2D eigenvalue weighted by atomic mass is 10.2. The van der Waals surface area contributed by atoms with Gasteiger partial charge in [0.05, 0.1) is 12.1 Å². The van der Waals surface area contributed by atoms with Gasteiger partial charge in [0.1, 0.15) is 27.6 Å². The van der Waals surface area contributed by atoms with E-state index in [4.69, 9.17) is 10.5 Å². The number of nitrogen functional groups attached to an aromatic ring is 1. The van der Waals surface area contributed by atoms with Crippen LogP contribution in [-0.2, 0) is 17.9 Å². The van der Waals surface area contributed by atoms with Crippen molar-refractivity contribution in [3.8, 4) is 0 Å². The van der Waals surface area contributed by atoms with Crippen molar-refractivity contribution < 1.29 is 9.53 Å². The van der Waals surface area contributed by atoms with Gasteiger partial charge in [-0.15, -0.1) is 5.10 Å². The lowest BCUT2D eigenvalue weighted by molar-refractivity contribution is 0.0466. The molecule has 0 saturated heterocycles. The fourth-order valence-corrected chi connectivity index (χ4v) is 2.64. The minimum atomic E-state index is -0.401. The molecule has 2 N–H and O–H groups in total. The Balaban J connectivity index is 1.68. The number of carbonyl (C=O) groups excluding carboxylic acids is 1. The summed E-state index contributed by atoms with van der Waals surface area (Å²) < 4.78 is 7.71. The smallest absolute Gasteiger partial charge is 0.338 e. The van der Waals surface area contributed by atoms with Gasteiger partial charge in [-0.3, -0.25) is 0 Å². The second-order valence-electron chi connectivity index (χ2n) is 5.25. The summed E-state index contributed by atoms with van der Waals surface area (Å²) in [6.07, 6.45) is 1.67. The third-order valence-electron chi connectivity index (χ3n) is 3.43. The second kappa shape index (κ2) is 7.55. The number of hydrogen-bond donors (Lipinski definition) is 1. The van der Waals surface area contributed by atoms with Crippen LogP contribution in [0.15, 0.2) is 36.5 Å². The minimum Gasteiger partial charge on any atom is -0.455 e. The van der Waals surface area contributed by atoms with Gasteiger partial charge in [0, 0.05) is 11.8 Å². The normalized spacial score (nSPS) is 10.6. The molecule has 25 heavy (non-hydrogen) atoms. The first kappa shape index (κ1) is 17.3. The average Bonchev–Trinajstić information content (AvgIpc) is 2.96. The number of esters is 1. The minimum absolute atomic E-state index is 0.0475. The third-order valence-corrected chi connectivity index (χ3v) is 4.61. The van der Waals surface area contributed by atoms with Gasteiger partial charge in [0.25, 0.3) is 0 Å². The van der Waals surface area contributed by atoms with E-state index >= 15 is 0 Å². The van der Waals surface area contributed by atoms with Crippen molar-refractivity contribution in [2.24, 2.45) is 0 Å². The summed E-state index contributed by atoms with van der Waals surface area (Å²) in [6.45, 7) is 2.22. The van der Waals surface area contributed by atoms with E-state index in [0.29, 0.717) is 29.4 Å². The molecule has 0 saturated carbocycles. The Morgan fingerprint density at radius 2 is 2.08 bits per heavy atom. The van der Waals surface area contributed by atoms with Gasteiger partial charge in [-0.2, -0.15) is 0 Å². The van der Waals surface area contributed by atoms with Crippen LogP contribution in [0.4, 0.5) is 5.82 Å². The molecule has 0 atom stereocenters. The topological polar surface area (TPSA) is 109 Å². The Kier molecular flexibility index (Phi) is 5.22. The van der Waals surface area contributed by atoms with Crippen LogP contribution in [0.1, 0.15) is 27.4 Å². The van der Waals surface area contributed by atoms with Gasteiger partial charge in [0.15, 0.2) is 0 Å². The van der Waals surface area contributed by atoms with Crippen molar-refractivity contribution in [2.45, 2.75) is 20.1 Å². The highest BCUT2D eigenvalue weighted by Gasteiger charge is 2.15. The first-order chi connectivity index (χ1) is 12.0. The van der Waals surface area contributed by atoms with Crippen LogP contribution in [0.2, 0.25) is 0 Å². The molecule has 0 amide bonds. The van der Waals surface area contributed by atoms with Crippen LogP contribution in [0.25, 0.3) is 0 Å². The molecule has 0 aliphatic rings. The highest BCUT2D eigenvalue weighted by Crippen LogP contribution is 2.15. The predicted octanol–water partition coefficient (Wildman–Crippen LogP) is 1.97.